The van der Waals surface area contributed by atoms with E-state index in [2.05, 4.69) is 5.32 Å². The van der Waals surface area contributed by atoms with Crippen molar-refractivity contribution < 1.29 is 14.6 Å². The topological polar surface area (TPSA) is 58.6 Å². The highest BCUT2D eigenvalue weighted by atomic mass is 16.5. The van der Waals surface area contributed by atoms with Crippen LogP contribution in [-0.4, -0.2) is 36.9 Å². The van der Waals surface area contributed by atoms with E-state index in [1.807, 2.05) is 30.3 Å². The second-order valence-electron chi connectivity index (χ2n) is 4.64. The predicted octanol–water partition coefficient (Wildman–Crippen LogP) is 0.743. The third-order valence-corrected chi connectivity index (χ3v) is 3.26. The lowest BCUT2D eigenvalue weighted by Gasteiger charge is -2.16. The van der Waals surface area contributed by atoms with Gasteiger partial charge in [-0.2, -0.15) is 0 Å². The third-order valence-electron chi connectivity index (χ3n) is 3.26. The van der Waals surface area contributed by atoms with E-state index in [4.69, 9.17) is 9.84 Å². The monoisotopic (exact) mass is 249 g/mol. The molecule has 4 nitrogen and oxygen atoms in total. The van der Waals surface area contributed by atoms with Gasteiger partial charge in [-0.15, -0.1) is 0 Å². The fourth-order valence-electron chi connectivity index (χ4n) is 2.12. The number of carbonyl (C=O) groups is 1. The zero-order valence-electron chi connectivity index (χ0n) is 10.3. The number of rotatable bonds is 5. The van der Waals surface area contributed by atoms with Crippen LogP contribution in [0, 0.1) is 5.92 Å². The van der Waals surface area contributed by atoms with Gasteiger partial charge >= 0.3 is 0 Å². The van der Waals surface area contributed by atoms with E-state index in [1.54, 1.807) is 0 Å². The molecule has 1 saturated heterocycles. The molecule has 1 amide bonds. The summed E-state index contributed by atoms with van der Waals surface area (Å²) >= 11 is 0. The van der Waals surface area contributed by atoms with Crippen molar-refractivity contribution in [2.45, 2.75) is 18.9 Å². The Bertz CT molecular complexity index is 380. The average Bonchev–Trinajstić information content (AvgIpc) is 2.85. The molecule has 2 rings (SSSR count). The molecule has 1 aliphatic heterocycles. The Morgan fingerprint density at radius 2 is 2.11 bits per heavy atom. The van der Waals surface area contributed by atoms with E-state index >= 15 is 0 Å². The van der Waals surface area contributed by atoms with Crippen LogP contribution in [-0.2, 0) is 16.0 Å². The van der Waals surface area contributed by atoms with Crippen molar-refractivity contribution in [1.82, 2.24) is 5.32 Å². The number of aliphatic hydroxyl groups is 1. The summed E-state index contributed by atoms with van der Waals surface area (Å²) in [6, 6.07) is 9.90. The highest BCUT2D eigenvalue weighted by Gasteiger charge is 2.28. The van der Waals surface area contributed by atoms with Crippen molar-refractivity contribution in [3.8, 4) is 0 Å². The summed E-state index contributed by atoms with van der Waals surface area (Å²) in [5.74, 6) is 0.0541. The number of aryl methyl sites for hydroxylation is 1. The highest BCUT2D eigenvalue weighted by molar-refractivity contribution is 5.76. The average molecular weight is 249 g/mol. The summed E-state index contributed by atoms with van der Waals surface area (Å²) in [4.78, 5) is 11.8. The largest absolute Gasteiger partial charge is 0.396 e. The first kappa shape index (κ1) is 13.1. The molecule has 0 saturated carbocycles. The number of ether oxygens (including phenoxy) is 1. The van der Waals surface area contributed by atoms with Gasteiger partial charge in [-0.25, -0.2) is 0 Å². The fraction of sp³-hybridized carbons (Fsp3) is 0.500. The van der Waals surface area contributed by atoms with Gasteiger partial charge in [0.1, 0.15) is 0 Å². The second-order valence-corrected chi connectivity index (χ2v) is 4.64. The number of hydrogen-bond acceptors (Lipinski definition) is 3. The van der Waals surface area contributed by atoms with E-state index in [1.165, 1.54) is 0 Å². The quantitative estimate of drug-likeness (QED) is 0.809. The van der Waals surface area contributed by atoms with Crippen LogP contribution in [0.25, 0.3) is 0 Å². The van der Waals surface area contributed by atoms with Crippen LogP contribution in [0.3, 0.4) is 0 Å². The molecule has 2 N–H and O–H groups in total. The van der Waals surface area contributed by atoms with E-state index in [0.29, 0.717) is 19.6 Å². The van der Waals surface area contributed by atoms with Gasteiger partial charge in [0.05, 0.1) is 25.9 Å². The minimum atomic E-state index is -0.0433. The molecule has 1 aromatic rings. The SMILES string of the molecule is O=C(CCc1ccccc1)N[C@H]1COC[C@H]1CO. The molecule has 0 unspecified atom stereocenters. The molecule has 1 heterocycles. The number of nitrogens with one attached hydrogen (secondary N) is 1. The smallest absolute Gasteiger partial charge is 0.220 e. The fourth-order valence-corrected chi connectivity index (χ4v) is 2.12. The van der Waals surface area contributed by atoms with Gasteiger partial charge in [0.2, 0.25) is 5.91 Å². The van der Waals surface area contributed by atoms with Crippen molar-refractivity contribution in [3.05, 3.63) is 35.9 Å². The number of aliphatic hydroxyl groups excluding tert-OH is 1. The lowest BCUT2D eigenvalue weighted by atomic mass is 10.0. The zero-order valence-corrected chi connectivity index (χ0v) is 10.3. The molecular weight excluding hydrogens is 230 g/mol. The zero-order chi connectivity index (χ0) is 12.8. The Labute approximate surface area is 107 Å². The van der Waals surface area contributed by atoms with E-state index in [9.17, 15) is 4.79 Å². The molecule has 1 fully saturated rings. The Morgan fingerprint density at radius 3 is 2.83 bits per heavy atom. The summed E-state index contributed by atoms with van der Waals surface area (Å²) in [6.07, 6.45) is 1.21. The maximum Gasteiger partial charge on any atom is 0.220 e. The van der Waals surface area contributed by atoms with Gasteiger partial charge in [0.25, 0.3) is 0 Å². The lowest BCUT2D eigenvalue weighted by Crippen LogP contribution is -2.41. The van der Waals surface area contributed by atoms with Gasteiger partial charge in [-0.3, -0.25) is 4.79 Å². The van der Waals surface area contributed by atoms with Gasteiger partial charge in [0, 0.05) is 12.3 Å². The Hall–Kier alpha value is -1.39. The first-order valence-electron chi connectivity index (χ1n) is 6.31. The first-order valence-corrected chi connectivity index (χ1v) is 6.31. The van der Waals surface area contributed by atoms with E-state index < -0.39 is 0 Å². The van der Waals surface area contributed by atoms with Crippen LogP contribution in [0.15, 0.2) is 30.3 Å². The maximum atomic E-state index is 11.8. The molecule has 2 atom stereocenters. The molecule has 0 aromatic heterocycles. The lowest BCUT2D eigenvalue weighted by molar-refractivity contribution is -0.122. The van der Waals surface area contributed by atoms with Gasteiger partial charge in [-0.1, -0.05) is 30.3 Å². The summed E-state index contributed by atoms with van der Waals surface area (Å²) in [5.41, 5.74) is 1.16. The normalized spacial score (nSPS) is 22.9. The van der Waals surface area contributed by atoms with E-state index in [-0.39, 0.29) is 24.5 Å². The number of amides is 1. The van der Waals surface area contributed by atoms with Crippen LogP contribution < -0.4 is 5.32 Å². The molecule has 1 aromatic carbocycles. The Morgan fingerprint density at radius 1 is 1.33 bits per heavy atom. The van der Waals surface area contributed by atoms with Crippen molar-refractivity contribution in [2.24, 2.45) is 5.92 Å². The minimum Gasteiger partial charge on any atom is -0.396 e. The van der Waals surface area contributed by atoms with Crippen molar-refractivity contribution in [2.75, 3.05) is 19.8 Å². The van der Waals surface area contributed by atoms with Crippen LogP contribution in [0.5, 0.6) is 0 Å². The van der Waals surface area contributed by atoms with Gasteiger partial charge < -0.3 is 15.2 Å². The van der Waals surface area contributed by atoms with Crippen LogP contribution in [0.2, 0.25) is 0 Å². The summed E-state index contributed by atoms with van der Waals surface area (Å²) in [7, 11) is 0. The van der Waals surface area contributed by atoms with E-state index in [0.717, 1.165) is 12.0 Å². The number of carbonyl (C=O) groups excluding carboxylic acids is 1. The first-order chi connectivity index (χ1) is 8.79. The third kappa shape index (κ3) is 3.55. The molecule has 0 spiro atoms. The summed E-state index contributed by atoms with van der Waals surface area (Å²) in [6.45, 7) is 1.09. The standard InChI is InChI=1S/C14H19NO3/c16-8-12-9-18-10-13(12)15-14(17)7-6-11-4-2-1-3-5-11/h1-5,12-13,16H,6-10H2,(H,15,17)/t12-,13+/m1/s1. The molecule has 4 heteroatoms. The molecule has 0 radical (unpaired) electrons. The van der Waals surface area contributed by atoms with Gasteiger partial charge in [0.15, 0.2) is 0 Å². The maximum absolute atomic E-state index is 11.8. The molecule has 98 valence electrons. The predicted molar refractivity (Wildman–Crippen MR) is 68.1 cm³/mol. The van der Waals surface area contributed by atoms with Crippen molar-refractivity contribution in [1.29, 1.82) is 0 Å². The van der Waals surface area contributed by atoms with Crippen LogP contribution >= 0.6 is 0 Å². The molecule has 0 bridgehead atoms. The van der Waals surface area contributed by atoms with Crippen molar-refractivity contribution in [3.63, 3.8) is 0 Å². The van der Waals surface area contributed by atoms with Crippen molar-refractivity contribution >= 4 is 5.91 Å². The molecule has 1 aliphatic rings. The summed E-state index contributed by atoms with van der Waals surface area (Å²) in [5, 5.41) is 12.1. The van der Waals surface area contributed by atoms with Gasteiger partial charge in [-0.05, 0) is 12.0 Å². The second kappa shape index (κ2) is 6.52. The van der Waals surface area contributed by atoms with Crippen LogP contribution in [0.1, 0.15) is 12.0 Å². The number of benzene rings is 1. The Kier molecular flexibility index (Phi) is 4.73. The van der Waals surface area contributed by atoms with Crippen LogP contribution in [0.4, 0.5) is 0 Å². The molecule has 0 aliphatic carbocycles. The molecule has 18 heavy (non-hydrogen) atoms. The number of hydrogen-bond donors (Lipinski definition) is 2. The summed E-state index contributed by atoms with van der Waals surface area (Å²) < 4.78 is 5.25. The molecular formula is C14H19NO3. The minimum absolute atomic E-state index is 0.0211. The Balaban J connectivity index is 1.75. The highest BCUT2D eigenvalue weighted by Crippen LogP contribution is 2.13.